The molecule has 4 aromatic rings. The lowest BCUT2D eigenvalue weighted by atomic mass is 10.2. The van der Waals surface area contributed by atoms with Gasteiger partial charge in [0.1, 0.15) is 5.75 Å². The third kappa shape index (κ3) is 2.82. The molecule has 0 unspecified atom stereocenters. The van der Waals surface area contributed by atoms with Crippen LogP contribution in [0.5, 0.6) is 11.6 Å². The van der Waals surface area contributed by atoms with Gasteiger partial charge < -0.3 is 4.74 Å². The molecule has 1 aromatic heterocycles. The predicted octanol–water partition coefficient (Wildman–Crippen LogP) is 5.74. The molecule has 4 heteroatoms. The molecule has 24 heavy (non-hydrogen) atoms. The number of benzene rings is 3. The Labute approximate surface area is 144 Å². The van der Waals surface area contributed by atoms with E-state index in [4.69, 9.17) is 16.3 Å². The fourth-order valence-electron chi connectivity index (χ4n) is 2.49. The molecule has 0 saturated heterocycles. The predicted molar refractivity (Wildman–Crippen MR) is 96.5 cm³/mol. The topological polar surface area (TPSA) is 35.0 Å². The van der Waals surface area contributed by atoms with Gasteiger partial charge in [0.15, 0.2) is 5.82 Å². The van der Waals surface area contributed by atoms with Crippen molar-refractivity contribution in [3.63, 3.8) is 0 Å². The van der Waals surface area contributed by atoms with Crippen LogP contribution in [0.2, 0.25) is 5.02 Å². The van der Waals surface area contributed by atoms with E-state index in [2.05, 4.69) is 9.97 Å². The van der Waals surface area contributed by atoms with Gasteiger partial charge in [-0.3, -0.25) is 0 Å². The summed E-state index contributed by atoms with van der Waals surface area (Å²) in [7, 11) is 0. The first-order valence-corrected chi connectivity index (χ1v) is 7.94. The SMILES string of the molecule is Clc1ccccc1-c1nc(Oc2ccccc2)c2ccccc2n1. The number of hydrogen-bond donors (Lipinski definition) is 0. The van der Waals surface area contributed by atoms with E-state index >= 15 is 0 Å². The zero-order chi connectivity index (χ0) is 16.4. The lowest BCUT2D eigenvalue weighted by molar-refractivity contribution is 0.469. The minimum absolute atomic E-state index is 0.515. The van der Waals surface area contributed by atoms with Crippen LogP contribution in [0.15, 0.2) is 78.9 Å². The number of hydrogen-bond acceptors (Lipinski definition) is 3. The van der Waals surface area contributed by atoms with Crippen molar-refractivity contribution in [2.75, 3.05) is 0 Å². The minimum Gasteiger partial charge on any atom is -0.438 e. The van der Waals surface area contributed by atoms with Crippen molar-refractivity contribution in [2.24, 2.45) is 0 Å². The van der Waals surface area contributed by atoms with E-state index in [9.17, 15) is 0 Å². The second-order valence-electron chi connectivity index (χ2n) is 5.26. The Morgan fingerprint density at radius 2 is 1.42 bits per heavy atom. The van der Waals surface area contributed by atoms with Gasteiger partial charge in [-0.1, -0.05) is 54.1 Å². The molecule has 0 atom stereocenters. The molecular weight excluding hydrogens is 320 g/mol. The van der Waals surface area contributed by atoms with Gasteiger partial charge in [-0.25, -0.2) is 4.98 Å². The van der Waals surface area contributed by atoms with Crippen molar-refractivity contribution < 1.29 is 4.74 Å². The second-order valence-corrected chi connectivity index (χ2v) is 5.67. The zero-order valence-electron chi connectivity index (χ0n) is 12.7. The number of halogens is 1. The molecule has 0 fully saturated rings. The number of aromatic nitrogens is 2. The van der Waals surface area contributed by atoms with E-state index in [0.717, 1.165) is 22.2 Å². The van der Waals surface area contributed by atoms with Crippen molar-refractivity contribution >= 4 is 22.5 Å². The first-order valence-electron chi connectivity index (χ1n) is 7.56. The summed E-state index contributed by atoms with van der Waals surface area (Å²) in [6.07, 6.45) is 0. The molecule has 116 valence electrons. The van der Waals surface area contributed by atoms with Crippen LogP contribution in [-0.4, -0.2) is 9.97 Å². The smallest absolute Gasteiger partial charge is 0.230 e. The van der Waals surface area contributed by atoms with Crippen LogP contribution >= 0.6 is 11.6 Å². The Kier molecular flexibility index (Phi) is 3.85. The van der Waals surface area contributed by atoms with Gasteiger partial charge in [0.05, 0.1) is 15.9 Å². The van der Waals surface area contributed by atoms with E-state index in [0.29, 0.717) is 16.7 Å². The molecule has 0 spiro atoms. The molecule has 3 aromatic carbocycles. The molecule has 0 bridgehead atoms. The average molecular weight is 333 g/mol. The largest absolute Gasteiger partial charge is 0.438 e. The van der Waals surface area contributed by atoms with Crippen LogP contribution in [0, 0.1) is 0 Å². The summed E-state index contributed by atoms with van der Waals surface area (Å²) in [5.41, 5.74) is 1.59. The first-order chi connectivity index (χ1) is 11.8. The van der Waals surface area contributed by atoms with Crippen LogP contribution in [0.1, 0.15) is 0 Å². The summed E-state index contributed by atoms with van der Waals surface area (Å²) >= 11 is 6.30. The molecule has 0 radical (unpaired) electrons. The van der Waals surface area contributed by atoms with Crippen molar-refractivity contribution in [3.05, 3.63) is 83.9 Å². The van der Waals surface area contributed by atoms with Gasteiger partial charge >= 0.3 is 0 Å². The average Bonchev–Trinajstić information content (AvgIpc) is 2.63. The molecule has 0 aliphatic rings. The highest BCUT2D eigenvalue weighted by atomic mass is 35.5. The summed E-state index contributed by atoms with van der Waals surface area (Å²) in [6, 6.07) is 24.9. The van der Waals surface area contributed by atoms with Gasteiger partial charge in [0, 0.05) is 5.56 Å². The summed E-state index contributed by atoms with van der Waals surface area (Å²) in [5.74, 6) is 1.79. The Bertz CT molecular complexity index is 1000. The Morgan fingerprint density at radius 3 is 2.25 bits per heavy atom. The van der Waals surface area contributed by atoms with Gasteiger partial charge in [-0.2, -0.15) is 4.98 Å². The number of fused-ring (bicyclic) bond motifs is 1. The Hall–Kier alpha value is -2.91. The van der Waals surface area contributed by atoms with E-state index in [1.807, 2.05) is 78.9 Å². The van der Waals surface area contributed by atoms with E-state index < -0.39 is 0 Å². The van der Waals surface area contributed by atoms with Gasteiger partial charge in [-0.15, -0.1) is 0 Å². The molecule has 4 rings (SSSR count). The summed E-state index contributed by atoms with van der Waals surface area (Å²) in [6.45, 7) is 0. The first kappa shape index (κ1) is 14.7. The fourth-order valence-corrected chi connectivity index (χ4v) is 2.71. The van der Waals surface area contributed by atoms with Gasteiger partial charge in [-0.05, 0) is 36.4 Å². The standard InChI is InChI=1S/C20H13ClN2O/c21-17-12-6-4-10-15(17)19-22-18-13-7-5-11-16(18)20(23-19)24-14-8-2-1-3-9-14/h1-13H. The summed E-state index contributed by atoms with van der Waals surface area (Å²) in [5, 5.41) is 1.47. The molecule has 0 aliphatic heterocycles. The third-order valence-corrected chi connectivity index (χ3v) is 3.97. The third-order valence-electron chi connectivity index (χ3n) is 3.64. The Morgan fingerprint density at radius 1 is 0.708 bits per heavy atom. The van der Waals surface area contributed by atoms with Gasteiger partial charge in [0.2, 0.25) is 5.88 Å². The number of rotatable bonds is 3. The highest BCUT2D eigenvalue weighted by Crippen LogP contribution is 2.32. The molecule has 3 nitrogen and oxygen atoms in total. The van der Waals surface area contributed by atoms with Crippen LogP contribution in [0.3, 0.4) is 0 Å². The van der Waals surface area contributed by atoms with Crippen LogP contribution in [-0.2, 0) is 0 Å². The van der Waals surface area contributed by atoms with Crippen molar-refractivity contribution in [1.82, 2.24) is 9.97 Å². The number of ether oxygens (including phenoxy) is 1. The van der Waals surface area contributed by atoms with E-state index in [1.165, 1.54) is 0 Å². The molecule has 0 aliphatic carbocycles. The maximum atomic E-state index is 6.30. The van der Waals surface area contributed by atoms with Crippen molar-refractivity contribution in [2.45, 2.75) is 0 Å². The highest BCUT2D eigenvalue weighted by Gasteiger charge is 2.13. The molecule has 0 amide bonds. The summed E-state index contributed by atoms with van der Waals surface area (Å²) < 4.78 is 6.00. The Balaban J connectivity index is 1.90. The van der Waals surface area contributed by atoms with E-state index in [-0.39, 0.29) is 0 Å². The number of nitrogens with zero attached hydrogens (tertiary/aromatic N) is 2. The van der Waals surface area contributed by atoms with E-state index in [1.54, 1.807) is 0 Å². The quantitative estimate of drug-likeness (QED) is 0.479. The van der Waals surface area contributed by atoms with Crippen LogP contribution in [0.4, 0.5) is 0 Å². The minimum atomic E-state index is 0.515. The van der Waals surface area contributed by atoms with Crippen molar-refractivity contribution in [3.8, 4) is 23.0 Å². The maximum absolute atomic E-state index is 6.30. The molecule has 1 heterocycles. The maximum Gasteiger partial charge on any atom is 0.230 e. The monoisotopic (exact) mass is 332 g/mol. The highest BCUT2D eigenvalue weighted by molar-refractivity contribution is 6.33. The summed E-state index contributed by atoms with van der Waals surface area (Å²) in [4.78, 5) is 9.24. The van der Waals surface area contributed by atoms with Crippen molar-refractivity contribution in [1.29, 1.82) is 0 Å². The second kappa shape index (κ2) is 6.30. The molecular formula is C20H13ClN2O. The molecule has 0 N–H and O–H groups in total. The van der Waals surface area contributed by atoms with Gasteiger partial charge in [0.25, 0.3) is 0 Å². The normalized spacial score (nSPS) is 10.7. The number of para-hydroxylation sites is 2. The molecule has 0 saturated carbocycles. The van der Waals surface area contributed by atoms with Crippen LogP contribution in [0.25, 0.3) is 22.3 Å². The zero-order valence-corrected chi connectivity index (χ0v) is 13.4. The fraction of sp³-hybridized carbons (Fsp3) is 0. The lowest BCUT2D eigenvalue weighted by Crippen LogP contribution is -1.96. The lowest BCUT2D eigenvalue weighted by Gasteiger charge is -2.10. The van der Waals surface area contributed by atoms with Crippen LogP contribution < -0.4 is 4.74 Å².